The molecule has 0 unspecified atom stereocenters. The van der Waals surface area contributed by atoms with Crippen molar-refractivity contribution in [3.63, 3.8) is 0 Å². The summed E-state index contributed by atoms with van der Waals surface area (Å²) in [5.74, 6) is -0.0480. The van der Waals surface area contributed by atoms with Crippen LogP contribution in [0.4, 0.5) is 0 Å². The Hall–Kier alpha value is -0.880. The van der Waals surface area contributed by atoms with Crippen molar-refractivity contribution in [3.8, 4) is 0 Å². The van der Waals surface area contributed by atoms with E-state index in [0.29, 0.717) is 5.11 Å². The van der Waals surface area contributed by atoms with Crippen molar-refractivity contribution >= 4 is 23.2 Å². The molecule has 96 valence electrons. The van der Waals surface area contributed by atoms with Crippen LogP contribution in [0.25, 0.3) is 0 Å². The molecule has 2 aliphatic heterocycles. The van der Waals surface area contributed by atoms with Crippen molar-refractivity contribution in [1.82, 2.24) is 16.2 Å². The molecule has 2 fully saturated rings. The van der Waals surface area contributed by atoms with Crippen LogP contribution in [0.1, 0.15) is 33.1 Å². The molecule has 0 aromatic heterocycles. The van der Waals surface area contributed by atoms with Crippen molar-refractivity contribution < 1.29 is 9.53 Å². The van der Waals surface area contributed by atoms with E-state index in [4.69, 9.17) is 17.0 Å². The molecule has 0 aromatic carbocycles. The molecule has 17 heavy (non-hydrogen) atoms. The average molecular weight is 257 g/mol. The number of hydrazine groups is 1. The van der Waals surface area contributed by atoms with Gasteiger partial charge in [-0.3, -0.25) is 15.6 Å². The second kappa shape index (κ2) is 5.18. The minimum atomic E-state index is -0.0249. The highest BCUT2D eigenvalue weighted by Gasteiger charge is 2.44. The summed E-state index contributed by atoms with van der Waals surface area (Å²) in [4.78, 5) is 11.9. The number of rotatable bonds is 2. The number of nitrogens with one attached hydrogen (secondary N) is 3. The number of carbonyl (C=O) groups excluding carboxylic acids is 1. The van der Waals surface area contributed by atoms with Gasteiger partial charge in [0.15, 0.2) is 5.11 Å². The summed E-state index contributed by atoms with van der Waals surface area (Å²) < 4.78 is 5.64. The van der Waals surface area contributed by atoms with E-state index in [9.17, 15) is 4.79 Å². The minimum absolute atomic E-state index is 0.0230. The number of hydrogen-bond acceptors (Lipinski definition) is 3. The lowest BCUT2D eigenvalue weighted by molar-refractivity contribution is -0.127. The highest BCUT2D eigenvalue weighted by atomic mass is 32.1. The standard InChI is InChI=1S/C11H19N3O2S/c1-6(2)12-11(17)14-13-10(15)8-5-7-3-4-9(8)16-7/h6-9H,3-5H2,1-2H3,(H,13,15)(H2,12,14,17)/t7-,8-,9-/m1/s1. The zero-order valence-corrected chi connectivity index (χ0v) is 11.0. The first-order valence-corrected chi connectivity index (χ1v) is 6.49. The molecule has 3 atom stereocenters. The van der Waals surface area contributed by atoms with Crippen LogP contribution in [0.5, 0.6) is 0 Å². The molecule has 2 bridgehead atoms. The summed E-state index contributed by atoms with van der Waals surface area (Å²) in [7, 11) is 0. The minimum Gasteiger partial charge on any atom is -0.374 e. The van der Waals surface area contributed by atoms with E-state index < -0.39 is 0 Å². The Balaban J connectivity index is 1.73. The van der Waals surface area contributed by atoms with Crippen LogP contribution < -0.4 is 16.2 Å². The molecule has 2 rings (SSSR count). The Morgan fingerprint density at radius 2 is 2.12 bits per heavy atom. The Labute approximate surface area is 107 Å². The van der Waals surface area contributed by atoms with Gasteiger partial charge in [0.2, 0.25) is 5.91 Å². The van der Waals surface area contributed by atoms with Crippen LogP contribution >= 0.6 is 12.2 Å². The molecule has 2 heterocycles. The smallest absolute Gasteiger partial charge is 0.244 e. The van der Waals surface area contributed by atoms with Gasteiger partial charge in [-0.15, -0.1) is 0 Å². The molecule has 5 nitrogen and oxygen atoms in total. The van der Waals surface area contributed by atoms with Crippen LogP contribution in [0.3, 0.4) is 0 Å². The van der Waals surface area contributed by atoms with E-state index in [0.717, 1.165) is 19.3 Å². The lowest BCUT2D eigenvalue weighted by Gasteiger charge is -2.19. The number of hydrogen-bond donors (Lipinski definition) is 3. The van der Waals surface area contributed by atoms with Crippen LogP contribution in [0, 0.1) is 5.92 Å². The second-order valence-electron chi connectivity index (χ2n) is 4.96. The molecule has 3 N–H and O–H groups in total. The Bertz CT molecular complexity index is 322. The van der Waals surface area contributed by atoms with Crippen molar-refractivity contribution in [1.29, 1.82) is 0 Å². The third-order valence-corrected chi connectivity index (χ3v) is 3.38. The lowest BCUT2D eigenvalue weighted by Crippen LogP contribution is -2.51. The summed E-state index contributed by atoms with van der Waals surface area (Å²) in [6.45, 7) is 3.97. The maximum atomic E-state index is 11.9. The first-order valence-electron chi connectivity index (χ1n) is 6.08. The fraction of sp³-hybridized carbons (Fsp3) is 0.818. The van der Waals surface area contributed by atoms with Gasteiger partial charge in [0.25, 0.3) is 0 Å². The zero-order chi connectivity index (χ0) is 12.4. The van der Waals surface area contributed by atoms with Gasteiger partial charge < -0.3 is 10.1 Å². The van der Waals surface area contributed by atoms with Gasteiger partial charge in [-0.1, -0.05) is 0 Å². The molecule has 2 aliphatic rings. The van der Waals surface area contributed by atoms with Crippen LogP contribution in [0.15, 0.2) is 0 Å². The van der Waals surface area contributed by atoms with E-state index in [1.165, 1.54) is 0 Å². The summed E-state index contributed by atoms with van der Waals surface area (Å²) >= 11 is 5.02. The second-order valence-corrected chi connectivity index (χ2v) is 5.37. The first kappa shape index (κ1) is 12.6. The van der Waals surface area contributed by atoms with Gasteiger partial charge >= 0.3 is 0 Å². The van der Waals surface area contributed by atoms with Gasteiger partial charge in [-0.25, -0.2) is 0 Å². The van der Waals surface area contributed by atoms with E-state index in [-0.39, 0.29) is 30.1 Å². The normalized spacial score (nSPS) is 30.4. The predicted molar refractivity (Wildman–Crippen MR) is 68.2 cm³/mol. The quantitative estimate of drug-likeness (QED) is 0.495. The van der Waals surface area contributed by atoms with Crippen LogP contribution in [0.2, 0.25) is 0 Å². The summed E-state index contributed by atoms with van der Waals surface area (Å²) in [6.07, 6.45) is 3.32. The van der Waals surface area contributed by atoms with Crippen molar-refractivity contribution in [2.24, 2.45) is 5.92 Å². The Morgan fingerprint density at radius 3 is 2.65 bits per heavy atom. The van der Waals surface area contributed by atoms with Gasteiger partial charge in [-0.05, 0) is 45.3 Å². The van der Waals surface area contributed by atoms with Gasteiger partial charge in [0.1, 0.15) is 0 Å². The lowest BCUT2D eigenvalue weighted by atomic mass is 9.89. The summed E-state index contributed by atoms with van der Waals surface area (Å²) in [5, 5.41) is 3.44. The molecule has 0 aliphatic carbocycles. The SMILES string of the molecule is CC(C)NC(=S)NNC(=O)[C@@H]1C[C@H]2CC[C@H]1O2. The summed E-state index contributed by atoms with van der Waals surface area (Å²) in [5.41, 5.74) is 5.36. The molecule has 2 saturated heterocycles. The number of ether oxygens (including phenoxy) is 1. The maximum Gasteiger partial charge on any atom is 0.244 e. The third-order valence-electron chi connectivity index (χ3n) is 3.16. The van der Waals surface area contributed by atoms with Gasteiger partial charge in [0.05, 0.1) is 18.1 Å². The van der Waals surface area contributed by atoms with E-state index >= 15 is 0 Å². The average Bonchev–Trinajstić information content (AvgIpc) is 2.86. The molecule has 1 amide bonds. The number of amides is 1. The first-order chi connectivity index (χ1) is 8.06. The largest absolute Gasteiger partial charge is 0.374 e. The highest BCUT2D eigenvalue weighted by molar-refractivity contribution is 7.80. The van der Waals surface area contributed by atoms with Crippen molar-refractivity contribution in [2.45, 2.75) is 51.4 Å². The zero-order valence-electron chi connectivity index (χ0n) is 10.2. The number of carbonyl (C=O) groups is 1. The Kier molecular flexibility index (Phi) is 3.83. The highest BCUT2D eigenvalue weighted by Crippen LogP contribution is 2.38. The fourth-order valence-corrected chi connectivity index (χ4v) is 2.71. The summed E-state index contributed by atoms with van der Waals surface area (Å²) in [6, 6.07) is 0.248. The molecule has 0 aromatic rings. The molecule has 0 saturated carbocycles. The fourth-order valence-electron chi connectivity index (χ4n) is 2.42. The van der Waals surface area contributed by atoms with E-state index in [1.807, 2.05) is 13.8 Å². The van der Waals surface area contributed by atoms with Crippen LogP contribution in [-0.2, 0) is 9.53 Å². The predicted octanol–water partition coefficient (Wildman–Crippen LogP) is 0.458. The van der Waals surface area contributed by atoms with Gasteiger partial charge in [-0.2, -0.15) is 0 Å². The maximum absolute atomic E-state index is 11.9. The third kappa shape index (κ3) is 3.07. The van der Waals surface area contributed by atoms with Crippen molar-refractivity contribution in [2.75, 3.05) is 0 Å². The number of fused-ring (bicyclic) bond motifs is 2. The van der Waals surface area contributed by atoms with Crippen molar-refractivity contribution in [3.05, 3.63) is 0 Å². The topological polar surface area (TPSA) is 62.4 Å². The molecule has 0 spiro atoms. The molecule has 0 radical (unpaired) electrons. The van der Waals surface area contributed by atoms with E-state index in [2.05, 4.69) is 16.2 Å². The Morgan fingerprint density at radius 1 is 1.35 bits per heavy atom. The molecular weight excluding hydrogens is 238 g/mol. The van der Waals surface area contributed by atoms with E-state index in [1.54, 1.807) is 0 Å². The monoisotopic (exact) mass is 257 g/mol. The number of thiocarbonyl (C=S) groups is 1. The van der Waals surface area contributed by atoms with Crippen LogP contribution in [-0.4, -0.2) is 29.3 Å². The van der Waals surface area contributed by atoms with Gasteiger partial charge in [0, 0.05) is 6.04 Å². The molecular formula is C11H19N3O2S. The molecule has 6 heteroatoms.